The van der Waals surface area contributed by atoms with Crippen molar-refractivity contribution in [2.24, 2.45) is 11.5 Å². The highest BCUT2D eigenvalue weighted by Crippen LogP contribution is 2.28. The van der Waals surface area contributed by atoms with Crippen LogP contribution in [0.2, 0.25) is 0 Å². The predicted molar refractivity (Wildman–Crippen MR) is 121 cm³/mol. The highest BCUT2D eigenvalue weighted by molar-refractivity contribution is 5.96. The van der Waals surface area contributed by atoms with Crippen LogP contribution < -0.4 is 22.1 Å². The summed E-state index contributed by atoms with van der Waals surface area (Å²) in [4.78, 5) is 16.4. The van der Waals surface area contributed by atoms with Crippen molar-refractivity contribution < 1.29 is 14.3 Å². The van der Waals surface area contributed by atoms with Gasteiger partial charge in [-0.3, -0.25) is 9.48 Å². The summed E-state index contributed by atoms with van der Waals surface area (Å²) in [5, 5.41) is 19.9. The first-order valence-electron chi connectivity index (χ1n) is 11.0. The number of anilines is 3. The zero-order valence-corrected chi connectivity index (χ0v) is 18.1. The van der Waals surface area contributed by atoms with Crippen molar-refractivity contribution in [2.45, 2.75) is 37.4 Å². The van der Waals surface area contributed by atoms with Gasteiger partial charge in [0.05, 0.1) is 24.4 Å². The van der Waals surface area contributed by atoms with E-state index >= 15 is 0 Å². The van der Waals surface area contributed by atoms with Crippen LogP contribution in [0.25, 0.3) is 10.9 Å². The van der Waals surface area contributed by atoms with Gasteiger partial charge in [-0.25, -0.2) is 0 Å². The van der Waals surface area contributed by atoms with Gasteiger partial charge in [-0.1, -0.05) is 0 Å². The third-order valence-corrected chi connectivity index (χ3v) is 6.03. The predicted octanol–water partition coefficient (Wildman–Crippen LogP) is 0.943. The molecule has 0 aliphatic carbocycles. The fourth-order valence-corrected chi connectivity index (χ4v) is 4.23. The molecule has 174 valence electrons. The molecule has 4 heterocycles. The molecule has 0 bridgehead atoms. The first kappa shape index (κ1) is 21.5. The molecule has 2 atom stereocenters. The number of amides is 1. The van der Waals surface area contributed by atoms with Gasteiger partial charge in [0.25, 0.3) is 5.91 Å². The summed E-state index contributed by atoms with van der Waals surface area (Å²) >= 11 is 0. The molecule has 1 aromatic carbocycles. The van der Waals surface area contributed by atoms with E-state index in [0.717, 1.165) is 49.1 Å². The number of carbonyl (C=O) groups excluding carboxylic acids is 1. The van der Waals surface area contributed by atoms with Crippen LogP contribution in [0.5, 0.6) is 0 Å². The Morgan fingerprint density at radius 3 is 2.73 bits per heavy atom. The number of hydrogen-bond donors (Lipinski definition) is 4. The fourth-order valence-electron chi connectivity index (χ4n) is 4.23. The molecule has 0 unspecified atom stereocenters. The lowest BCUT2D eigenvalue weighted by atomic mass is 10.1. The van der Waals surface area contributed by atoms with Crippen molar-refractivity contribution in [3.05, 3.63) is 30.1 Å². The van der Waals surface area contributed by atoms with Crippen molar-refractivity contribution in [1.29, 1.82) is 0 Å². The number of rotatable bonds is 6. The summed E-state index contributed by atoms with van der Waals surface area (Å²) in [6, 6.07) is 5.94. The van der Waals surface area contributed by atoms with Crippen LogP contribution in [0.15, 0.2) is 24.4 Å². The van der Waals surface area contributed by atoms with Gasteiger partial charge in [-0.15, -0.1) is 10.2 Å². The molecule has 1 amide bonds. The van der Waals surface area contributed by atoms with E-state index in [1.807, 2.05) is 24.4 Å². The molecular formula is C21H27N9O3. The summed E-state index contributed by atoms with van der Waals surface area (Å²) in [6.07, 6.45) is 4.44. The second-order valence-electron chi connectivity index (χ2n) is 8.31. The summed E-state index contributed by atoms with van der Waals surface area (Å²) in [7, 11) is 0. The second-order valence-corrected chi connectivity index (χ2v) is 8.31. The lowest BCUT2D eigenvalue weighted by Gasteiger charge is -2.29. The summed E-state index contributed by atoms with van der Waals surface area (Å²) in [5.41, 5.74) is 13.3. The highest BCUT2D eigenvalue weighted by Gasteiger charge is 2.24. The average Bonchev–Trinajstić information content (AvgIpc) is 3.24. The molecule has 5 rings (SSSR count). The van der Waals surface area contributed by atoms with Gasteiger partial charge in [0.1, 0.15) is 0 Å². The van der Waals surface area contributed by atoms with Gasteiger partial charge >= 0.3 is 0 Å². The van der Waals surface area contributed by atoms with Gasteiger partial charge in [-0.05, 0) is 37.5 Å². The van der Waals surface area contributed by atoms with Gasteiger partial charge < -0.3 is 31.6 Å². The van der Waals surface area contributed by atoms with Crippen LogP contribution >= 0.6 is 0 Å². The van der Waals surface area contributed by atoms with E-state index in [1.54, 1.807) is 0 Å². The molecule has 0 spiro atoms. The maximum atomic E-state index is 11.9. The van der Waals surface area contributed by atoms with Gasteiger partial charge in [0.15, 0.2) is 11.5 Å². The van der Waals surface area contributed by atoms with Crippen molar-refractivity contribution in [2.75, 3.05) is 37.1 Å². The number of aromatic nitrogens is 5. The number of primary amides is 1. The number of fused-ring (bicyclic) bond motifs is 1. The molecule has 2 saturated heterocycles. The van der Waals surface area contributed by atoms with E-state index in [-0.39, 0.29) is 29.5 Å². The van der Waals surface area contributed by atoms with Crippen LogP contribution in [0, 0.1) is 0 Å². The van der Waals surface area contributed by atoms with Gasteiger partial charge in [0, 0.05) is 43.0 Å². The zero-order chi connectivity index (χ0) is 22.8. The normalized spacial score (nSPS) is 21.7. The Hall–Kier alpha value is -3.35. The number of carbonyl (C=O) groups is 1. The minimum Gasteiger partial charge on any atom is -0.381 e. The molecule has 12 nitrogen and oxygen atoms in total. The maximum absolute atomic E-state index is 11.9. The van der Waals surface area contributed by atoms with Crippen molar-refractivity contribution >= 4 is 34.3 Å². The van der Waals surface area contributed by atoms with Crippen LogP contribution in [-0.2, 0) is 9.47 Å². The van der Waals surface area contributed by atoms with E-state index in [0.29, 0.717) is 19.3 Å². The third-order valence-electron chi connectivity index (χ3n) is 6.03. The largest absolute Gasteiger partial charge is 0.381 e. The molecule has 12 heteroatoms. The maximum Gasteiger partial charge on any atom is 0.273 e. The van der Waals surface area contributed by atoms with Gasteiger partial charge in [0.2, 0.25) is 5.95 Å². The van der Waals surface area contributed by atoms with Crippen molar-refractivity contribution in [1.82, 2.24) is 25.0 Å². The first-order valence-corrected chi connectivity index (χ1v) is 11.0. The van der Waals surface area contributed by atoms with E-state index in [9.17, 15) is 4.79 Å². The number of nitrogens with two attached hydrogens (primary N) is 2. The molecule has 6 N–H and O–H groups in total. The Morgan fingerprint density at radius 2 is 1.94 bits per heavy atom. The fraction of sp³-hybridized carbons (Fsp3) is 0.476. The minimum atomic E-state index is -0.722. The molecule has 2 aromatic heterocycles. The van der Waals surface area contributed by atoms with Crippen molar-refractivity contribution in [3.63, 3.8) is 0 Å². The summed E-state index contributed by atoms with van der Waals surface area (Å²) in [5.74, 6) is -0.240. The van der Waals surface area contributed by atoms with Gasteiger partial charge in [-0.2, -0.15) is 10.1 Å². The van der Waals surface area contributed by atoms with Crippen molar-refractivity contribution in [3.8, 4) is 0 Å². The molecule has 3 aromatic rings. The molecular weight excluding hydrogens is 426 g/mol. The molecule has 2 aliphatic heterocycles. The third kappa shape index (κ3) is 4.58. The Bertz CT molecular complexity index is 1150. The van der Waals surface area contributed by atoms with Crippen LogP contribution in [-0.4, -0.2) is 69.4 Å². The van der Waals surface area contributed by atoms with E-state index in [1.165, 1.54) is 0 Å². The highest BCUT2D eigenvalue weighted by atomic mass is 16.5. The van der Waals surface area contributed by atoms with E-state index in [2.05, 4.69) is 35.6 Å². The topological polar surface area (TPSA) is 168 Å². The minimum absolute atomic E-state index is 0.0465. The lowest BCUT2D eigenvalue weighted by molar-refractivity contribution is 0.0675. The number of nitrogens with one attached hydrogen (secondary N) is 2. The molecule has 0 saturated carbocycles. The quantitative estimate of drug-likeness (QED) is 0.421. The number of hydrogen-bond acceptors (Lipinski definition) is 10. The molecule has 2 fully saturated rings. The van der Waals surface area contributed by atoms with E-state index < -0.39 is 5.91 Å². The van der Waals surface area contributed by atoms with E-state index in [4.69, 9.17) is 20.9 Å². The number of nitrogens with zero attached hydrogens (tertiary/aromatic N) is 5. The Morgan fingerprint density at radius 1 is 1.12 bits per heavy atom. The molecule has 0 radical (unpaired) electrons. The monoisotopic (exact) mass is 453 g/mol. The number of ether oxygens (including phenoxy) is 2. The average molecular weight is 454 g/mol. The lowest BCUT2D eigenvalue weighted by Crippen LogP contribution is -2.48. The Kier molecular flexibility index (Phi) is 6.03. The smallest absolute Gasteiger partial charge is 0.273 e. The standard InChI is InChI=1S/C21H27N9O3/c22-15-11-33-8-5-16(15)26-21-27-20(18(19(23)31)28-29-21)25-13-1-2-17-12(9-13)10-24-30(17)14-3-6-32-7-4-14/h1-2,9-10,14-16H,3-8,11,22H2,(H2,23,31)(H2,25,26,27,29)/t15-,16+/m0/s1. The van der Waals surface area contributed by atoms with Crippen LogP contribution in [0.3, 0.4) is 0 Å². The summed E-state index contributed by atoms with van der Waals surface area (Å²) < 4.78 is 12.9. The number of benzene rings is 1. The zero-order valence-electron chi connectivity index (χ0n) is 18.1. The second kappa shape index (κ2) is 9.25. The Balaban J connectivity index is 1.39. The SMILES string of the molecule is NC(=O)c1nnc(N[C@@H]2CCOC[C@@H]2N)nc1Nc1ccc2c(cnn2C2CCOCC2)c1. The van der Waals surface area contributed by atoms with Crippen LogP contribution in [0.1, 0.15) is 35.8 Å². The molecule has 2 aliphatic rings. The first-order chi connectivity index (χ1) is 16.1. The van der Waals surface area contributed by atoms with Crippen LogP contribution in [0.4, 0.5) is 17.5 Å². The Labute approximate surface area is 190 Å². The summed E-state index contributed by atoms with van der Waals surface area (Å²) in [6.45, 7) is 2.55. The molecule has 33 heavy (non-hydrogen) atoms.